The van der Waals surface area contributed by atoms with Gasteiger partial charge >= 0.3 is 6.18 Å². The van der Waals surface area contributed by atoms with E-state index < -0.39 is 12.7 Å². The maximum absolute atomic E-state index is 13.3. The van der Waals surface area contributed by atoms with Crippen LogP contribution < -0.4 is 10.6 Å². The van der Waals surface area contributed by atoms with Gasteiger partial charge in [-0.2, -0.15) is 13.2 Å². The molecule has 3 N–H and O–H groups in total. The fourth-order valence-electron chi connectivity index (χ4n) is 3.62. The molecule has 1 fully saturated rings. The minimum absolute atomic E-state index is 0.171. The Balaban J connectivity index is 1.41. The van der Waals surface area contributed by atoms with Crippen molar-refractivity contribution in [2.45, 2.75) is 19.0 Å². The topological polar surface area (TPSA) is 55.5 Å². The Morgan fingerprint density at radius 3 is 2.89 bits per heavy atom. The fraction of sp³-hybridized carbons (Fsp3) is 0.526. The molecule has 0 amide bonds. The average Bonchev–Trinajstić information content (AvgIpc) is 3.23. The standard InChI is InChI=1S/C19H25F4N5/c1-24-18(27-9-13-5-7-28(11-13)12-19(21,22)23)25-6-4-14-10-26-17-8-15(20)2-3-16(14)17/h2-3,8,10,13,26H,4-7,9,11-12H2,1H3,(H2,24,25,27). The van der Waals surface area contributed by atoms with Gasteiger partial charge in [-0.05, 0) is 49.1 Å². The van der Waals surface area contributed by atoms with Gasteiger partial charge in [0.05, 0.1) is 6.54 Å². The molecule has 5 nitrogen and oxygen atoms in total. The van der Waals surface area contributed by atoms with Crippen LogP contribution in [0.15, 0.2) is 29.4 Å². The Kier molecular flexibility index (Phi) is 6.43. The predicted octanol–water partition coefficient (Wildman–Crippen LogP) is 2.90. The first kappa shape index (κ1) is 20.4. The highest BCUT2D eigenvalue weighted by molar-refractivity contribution is 5.83. The lowest BCUT2D eigenvalue weighted by atomic mass is 10.1. The van der Waals surface area contributed by atoms with E-state index in [4.69, 9.17) is 0 Å². The van der Waals surface area contributed by atoms with Gasteiger partial charge in [0.1, 0.15) is 5.82 Å². The van der Waals surface area contributed by atoms with Crippen LogP contribution in [0.4, 0.5) is 17.6 Å². The molecule has 3 rings (SSSR count). The third-order valence-electron chi connectivity index (χ3n) is 4.97. The van der Waals surface area contributed by atoms with Crippen molar-refractivity contribution in [3.05, 3.63) is 35.8 Å². The van der Waals surface area contributed by atoms with Gasteiger partial charge in [0.2, 0.25) is 0 Å². The van der Waals surface area contributed by atoms with Gasteiger partial charge in [-0.25, -0.2) is 4.39 Å². The van der Waals surface area contributed by atoms with Crippen molar-refractivity contribution < 1.29 is 17.6 Å². The number of guanidine groups is 1. The minimum Gasteiger partial charge on any atom is -0.361 e. The molecule has 0 bridgehead atoms. The summed E-state index contributed by atoms with van der Waals surface area (Å²) in [4.78, 5) is 8.68. The molecular formula is C19H25F4N5. The van der Waals surface area contributed by atoms with E-state index in [0.29, 0.717) is 32.1 Å². The largest absolute Gasteiger partial charge is 0.401 e. The van der Waals surface area contributed by atoms with Crippen molar-refractivity contribution in [1.29, 1.82) is 0 Å². The van der Waals surface area contributed by atoms with Crippen LogP contribution in [0.5, 0.6) is 0 Å². The Bertz CT molecular complexity index is 814. The summed E-state index contributed by atoms with van der Waals surface area (Å²) >= 11 is 0. The van der Waals surface area contributed by atoms with Crippen LogP contribution in [0.2, 0.25) is 0 Å². The quantitative estimate of drug-likeness (QED) is 0.398. The molecule has 1 aromatic heterocycles. The molecule has 1 aromatic carbocycles. The van der Waals surface area contributed by atoms with E-state index in [1.54, 1.807) is 13.1 Å². The van der Waals surface area contributed by atoms with Gasteiger partial charge in [0.15, 0.2) is 5.96 Å². The van der Waals surface area contributed by atoms with E-state index in [1.807, 2.05) is 6.20 Å². The normalized spacial score (nSPS) is 18.8. The van der Waals surface area contributed by atoms with E-state index in [2.05, 4.69) is 20.6 Å². The Morgan fingerprint density at radius 1 is 1.32 bits per heavy atom. The lowest BCUT2D eigenvalue weighted by Gasteiger charge is -2.18. The van der Waals surface area contributed by atoms with Crippen LogP contribution >= 0.6 is 0 Å². The number of aromatic nitrogens is 1. The molecule has 1 aliphatic heterocycles. The van der Waals surface area contributed by atoms with Gasteiger partial charge in [0.25, 0.3) is 0 Å². The summed E-state index contributed by atoms with van der Waals surface area (Å²) in [7, 11) is 1.66. The average molecular weight is 399 g/mol. The summed E-state index contributed by atoms with van der Waals surface area (Å²) < 4.78 is 50.7. The number of hydrogen-bond acceptors (Lipinski definition) is 2. The van der Waals surface area contributed by atoms with Crippen molar-refractivity contribution in [1.82, 2.24) is 20.5 Å². The molecule has 0 saturated carbocycles. The van der Waals surface area contributed by atoms with Crippen LogP contribution in [0.3, 0.4) is 0 Å². The molecular weight excluding hydrogens is 374 g/mol. The number of benzene rings is 1. The molecule has 0 aliphatic carbocycles. The van der Waals surface area contributed by atoms with Crippen LogP contribution in [0.25, 0.3) is 10.9 Å². The van der Waals surface area contributed by atoms with Gasteiger partial charge < -0.3 is 15.6 Å². The summed E-state index contributed by atoms with van der Waals surface area (Å²) in [6, 6.07) is 4.67. The number of alkyl halides is 3. The van der Waals surface area contributed by atoms with E-state index in [1.165, 1.54) is 17.0 Å². The van der Waals surface area contributed by atoms with Gasteiger partial charge in [-0.15, -0.1) is 0 Å². The highest BCUT2D eigenvalue weighted by atomic mass is 19.4. The van der Waals surface area contributed by atoms with Gasteiger partial charge in [-0.1, -0.05) is 0 Å². The lowest BCUT2D eigenvalue weighted by molar-refractivity contribution is -0.143. The second kappa shape index (κ2) is 8.81. The number of halogens is 4. The minimum atomic E-state index is -4.14. The highest BCUT2D eigenvalue weighted by Gasteiger charge is 2.34. The summed E-state index contributed by atoms with van der Waals surface area (Å²) in [5.74, 6) is 0.522. The zero-order valence-corrected chi connectivity index (χ0v) is 15.7. The van der Waals surface area contributed by atoms with Crippen molar-refractivity contribution in [2.75, 3.05) is 39.8 Å². The summed E-state index contributed by atoms with van der Waals surface area (Å²) in [6.07, 6.45) is -0.801. The van der Waals surface area contributed by atoms with E-state index >= 15 is 0 Å². The molecule has 154 valence electrons. The number of aliphatic imine (C=N–C) groups is 1. The van der Waals surface area contributed by atoms with Gasteiger partial charge in [-0.3, -0.25) is 9.89 Å². The third kappa shape index (κ3) is 5.60. The van der Waals surface area contributed by atoms with Crippen LogP contribution in [-0.4, -0.2) is 61.8 Å². The molecule has 2 aromatic rings. The van der Waals surface area contributed by atoms with E-state index in [-0.39, 0.29) is 11.7 Å². The number of hydrogen-bond donors (Lipinski definition) is 3. The molecule has 1 aliphatic rings. The Hall–Kier alpha value is -2.29. The first-order valence-electron chi connectivity index (χ1n) is 9.33. The molecule has 9 heteroatoms. The van der Waals surface area contributed by atoms with Crippen molar-refractivity contribution in [3.63, 3.8) is 0 Å². The predicted molar refractivity (Wildman–Crippen MR) is 102 cm³/mol. The number of aromatic amines is 1. The fourth-order valence-corrected chi connectivity index (χ4v) is 3.62. The molecule has 2 heterocycles. The summed E-state index contributed by atoms with van der Waals surface area (Å²) in [5, 5.41) is 7.40. The molecule has 28 heavy (non-hydrogen) atoms. The SMILES string of the molecule is CN=C(NCCc1c[nH]c2cc(F)ccc12)NCC1CCN(CC(F)(F)F)C1. The highest BCUT2D eigenvalue weighted by Crippen LogP contribution is 2.22. The van der Waals surface area contributed by atoms with Crippen LogP contribution in [0, 0.1) is 11.7 Å². The first-order valence-corrected chi connectivity index (χ1v) is 9.33. The maximum Gasteiger partial charge on any atom is 0.401 e. The first-order chi connectivity index (χ1) is 13.3. The van der Waals surface area contributed by atoms with E-state index in [9.17, 15) is 17.6 Å². The number of fused-ring (bicyclic) bond motifs is 1. The third-order valence-corrected chi connectivity index (χ3v) is 4.97. The van der Waals surface area contributed by atoms with Gasteiger partial charge in [0, 0.05) is 43.8 Å². The lowest BCUT2D eigenvalue weighted by Crippen LogP contribution is -2.41. The second-order valence-corrected chi connectivity index (χ2v) is 7.14. The van der Waals surface area contributed by atoms with Crippen molar-refractivity contribution in [2.24, 2.45) is 10.9 Å². The number of H-pyrrole nitrogens is 1. The zero-order chi connectivity index (χ0) is 20.1. The van der Waals surface area contributed by atoms with Crippen molar-refractivity contribution in [3.8, 4) is 0 Å². The summed E-state index contributed by atoms with van der Waals surface area (Å²) in [5.41, 5.74) is 1.85. The molecule has 1 atom stereocenters. The second-order valence-electron chi connectivity index (χ2n) is 7.14. The molecule has 1 unspecified atom stereocenters. The monoisotopic (exact) mass is 399 g/mol. The Labute approximate surface area is 161 Å². The summed E-state index contributed by atoms with van der Waals surface area (Å²) in [6.45, 7) is 1.29. The number of rotatable bonds is 6. The number of nitrogens with zero attached hydrogens (tertiary/aromatic N) is 2. The van der Waals surface area contributed by atoms with Crippen LogP contribution in [-0.2, 0) is 6.42 Å². The van der Waals surface area contributed by atoms with Crippen molar-refractivity contribution >= 4 is 16.9 Å². The number of nitrogens with one attached hydrogen (secondary N) is 3. The molecule has 0 radical (unpaired) electrons. The van der Waals surface area contributed by atoms with Crippen LogP contribution in [0.1, 0.15) is 12.0 Å². The maximum atomic E-state index is 13.3. The zero-order valence-electron chi connectivity index (χ0n) is 15.7. The molecule has 1 saturated heterocycles. The Morgan fingerprint density at radius 2 is 2.14 bits per heavy atom. The molecule has 0 spiro atoms. The number of likely N-dealkylation sites (tertiary alicyclic amines) is 1. The van der Waals surface area contributed by atoms with E-state index in [0.717, 1.165) is 29.3 Å². The smallest absolute Gasteiger partial charge is 0.361 e.